The summed E-state index contributed by atoms with van der Waals surface area (Å²) in [4.78, 5) is 40.9. The Morgan fingerprint density at radius 2 is 1.57 bits per heavy atom. The molecule has 4 rings (SSSR count). The highest BCUT2D eigenvalue weighted by atomic mass is 79.9. The van der Waals surface area contributed by atoms with Gasteiger partial charge in [-0.15, -0.1) is 0 Å². The number of primary amides is 1. The van der Waals surface area contributed by atoms with Gasteiger partial charge in [-0.2, -0.15) is 0 Å². The second-order valence-electron chi connectivity index (χ2n) is 11.6. The number of hydrogen-bond acceptors (Lipinski definition) is 5. The number of hydrogen-bond donors (Lipinski definition) is 1. The van der Waals surface area contributed by atoms with Crippen molar-refractivity contribution in [2.45, 2.75) is 72.6 Å². The van der Waals surface area contributed by atoms with Crippen LogP contribution in [0.5, 0.6) is 5.75 Å². The molecule has 2 N–H and O–H groups in total. The summed E-state index contributed by atoms with van der Waals surface area (Å²) in [6.07, 6.45) is 3.46. The van der Waals surface area contributed by atoms with Crippen LogP contribution in [0.2, 0.25) is 0 Å². The van der Waals surface area contributed by atoms with Crippen molar-refractivity contribution < 1.29 is 19.1 Å². The first-order valence-corrected chi connectivity index (χ1v) is 13.1. The fraction of sp³-hybridized carbons (Fsp3) is 0.536. The number of benzene rings is 1. The second-order valence-corrected chi connectivity index (χ2v) is 12.5. The van der Waals surface area contributed by atoms with Gasteiger partial charge in [-0.05, 0) is 63.7 Å². The van der Waals surface area contributed by atoms with Crippen LogP contribution in [0.25, 0.3) is 0 Å². The largest absolute Gasteiger partial charge is 0.483 e. The van der Waals surface area contributed by atoms with E-state index in [1.165, 1.54) is 0 Å². The number of allylic oxidation sites excluding steroid dienone is 4. The Morgan fingerprint density at radius 3 is 2.03 bits per heavy atom. The van der Waals surface area contributed by atoms with Gasteiger partial charge in [0, 0.05) is 47.8 Å². The molecule has 35 heavy (non-hydrogen) atoms. The summed E-state index contributed by atoms with van der Waals surface area (Å²) in [6, 6.07) is 5.58. The quantitative estimate of drug-likeness (QED) is 0.519. The molecule has 0 fully saturated rings. The van der Waals surface area contributed by atoms with Gasteiger partial charge in [-0.25, -0.2) is 0 Å². The van der Waals surface area contributed by atoms with Crippen LogP contribution in [0.3, 0.4) is 0 Å². The van der Waals surface area contributed by atoms with Crippen molar-refractivity contribution in [3.63, 3.8) is 0 Å². The van der Waals surface area contributed by atoms with Crippen molar-refractivity contribution in [3.05, 3.63) is 50.8 Å². The molecule has 1 aromatic carbocycles. The number of carbonyl (C=O) groups is 3. The third-order valence-corrected chi connectivity index (χ3v) is 7.75. The van der Waals surface area contributed by atoms with Crippen LogP contribution in [-0.4, -0.2) is 35.5 Å². The van der Waals surface area contributed by atoms with Crippen LogP contribution >= 0.6 is 15.9 Å². The number of ether oxygens (including phenoxy) is 1. The Hall–Kier alpha value is -2.41. The van der Waals surface area contributed by atoms with Gasteiger partial charge in [0.15, 0.2) is 18.2 Å². The number of nitrogens with two attached hydrogens (primary N) is 1. The fourth-order valence-electron chi connectivity index (χ4n) is 5.84. The molecular weight excluding hydrogens is 508 g/mol. The molecule has 1 aliphatic heterocycles. The summed E-state index contributed by atoms with van der Waals surface area (Å²) < 4.78 is 6.17. The van der Waals surface area contributed by atoms with E-state index >= 15 is 0 Å². The van der Waals surface area contributed by atoms with E-state index in [2.05, 4.69) is 55.4 Å². The van der Waals surface area contributed by atoms with E-state index in [0.29, 0.717) is 23.1 Å². The number of carbonyl (C=O) groups excluding carboxylic acids is 3. The normalized spacial score (nSPS) is 21.7. The van der Waals surface area contributed by atoms with Crippen LogP contribution < -0.4 is 10.5 Å². The predicted molar refractivity (Wildman–Crippen MR) is 139 cm³/mol. The first kappa shape index (κ1) is 25.7. The third-order valence-electron chi connectivity index (χ3n) is 7.13. The zero-order valence-electron chi connectivity index (χ0n) is 21.3. The first-order valence-electron chi connectivity index (χ1n) is 12.3. The number of nitrogens with zero attached hydrogens (tertiary/aromatic N) is 1. The lowest BCUT2D eigenvalue weighted by Crippen LogP contribution is -2.44. The minimum Gasteiger partial charge on any atom is -0.483 e. The van der Waals surface area contributed by atoms with Crippen molar-refractivity contribution in [3.8, 4) is 5.75 Å². The van der Waals surface area contributed by atoms with E-state index in [-0.39, 0.29) is 29.0 Å². The minimum atomic E-state index is -0.556. The number of amides is 1. The smallest absolute Gasteiger partial charge is 0.255 e. The molecule has 1 aromatic rings. The number of rotatable bonds is 6. The Kier molecular flexibility index (Phi) is 6.77. The Labute approximate surface area is 216 Å². The molecule has 0 bridgehead atoms. The zero-order valence-corrected chi connectivity index (χ0v) is 22.9. The van der Waals surface area contributed by atoms with Crippen molar-refractivity contribution in [1.29, 1.82) is 0 Å². The highest BCUT2D eigenvalue weighted by Gasteiger charge is 2.48. The Morgan fingerprint density at radius 1 is 1.03 bits per heavy atom. The van der Waals surface area contributed by atoms with E-state index < -0.39 is 11.8 Å². The van der Waals surface area contributed by atoms with Gasteiger partial charge in [0.25, 0.3) is 5.91 Å². The van der Waals surface area contributed by atoms with E-state index in [9.17, 15) is 14.4 Å². The van der Waals surface area contributed by atoms with Crippen LogP contribution in [-0.2, 0) is 14.4 Å². The molecule has 0 saturated carbocycles. The predicted octanol–water partition coefficient (Wildman–Crippen LogP) is 5.41. The van der Waals surface area contributed by atoms with Crippen LogP contribution in [0.15, 0.2) is 45.2 Å². The van der Waals surface area contributed by atoms with Gasteiger partial charge in [-0.3, -0.25) is 14.4 Å². The van der Waals surface area contributed by atoms with E-state index in [1.807, 2.05) is 12.1 Å². The number of ketones is 2. The van der Waals surface area contributed by atoms with E-state index in [4.69, 9.17) is 10.5 Å². The van der Waals surface area contributed by atoms with Gasteiger partial charge < -0.3 is 15.4 Å². The van der Waals surface area contributed by atoms with Crippen LogP contribution in [0.4, 0.5) is 0 Å². The molecule has 0 aromatic heterocycles. The highest BCUT2D eigenvalue weighted by Crippen LogP contribution is 2.54. The lowest BCUT2D eigenvalue weighted by Gasteiger charge is -2.49. The van der Waals surface area contributed by atoms with Gasteiger partial charge in [0.1, 0.15) is 5.75 Å². The minimum absolute atomic E-state index is 0.122. The average molecular weight is 544 g/mol. The Bertz CT molecular complexity index is 1110. The standard InChI is InChI=1S/C28H35BrN2O4/c1-6-9-31-18-11-27(2,3)13-20(32)25(18)24(26-19(31)12-28(4,5)14-21(26)33)16-7-8-22(17(29)10-16)35-15-23(30)34/h7-8,10,24H,6,9,11-15H2,1-5H3,(H2,30,34). The van der Waals surface area contributed by atoms with Gasteiger partial charge in [-0.1, -0.05) is 40.7 Å². The molecule has 0 saturated heterocycles. The molecule has 1 heterocycles. The van der Waals surface area contributed by atoms with Gasteiger partial charge in [0.2, 0.25) is 0 Å². The maximum atomic E-state index is 13.7. The third kappa shape index (κ3) is 4.97. The summed E-state index contributed by atoms with van der Waals surface area (Å²) in [6.45, 7) is 11.3. The maximum absolute atomic E-state index is 13.7. The monoisotopic (exact) mass is 542 g/mol. The first-order chi connectivity index (χ1) is 16.3. The average Bonchev–Trinajstić information content (AvgIpc) is 2.72. The molecular formula is C28H35BrN2O4. The van der Waals surface area contributed by atoms with Crippen molar-refractivity contribution in [2.24, 2.45) is 16.6 Å². The fourth-order valence-corrected chi connectivity index (χ4v) is 6.35. The van der Waals surface area contributed by atoms with Crippen molar-refractivity contribution in [2.75, 3.05) is 13.2 Å². The molecule has 6 nitrogen and oxygen atoms in total. The van der Waals surface area contributed by atoms with Crippen LogP contribution in [0, 0.1) is 10.8 Å². The molecule has 188 valence electrons. The summed E-state index contributed by atoms with van der Waals surface area (Å²) >= 11 is 3.55. The molecule has 3 aliphatic rings. The Balaban J connectivity index is 1.91. The molecule has 0 unspecified atom stereocenters. The van der Waals surface area contributed by atoms with E-state index in [0.717, 1.165) is 53.9 Å². The summed E-state index contributed by atoms with van der Waals surface area (Å²) in [5, 5.41) is 0. The molecule has 1 amide bonds. The van der Waals surface area contributed by atoms with Gasteiger partial charge in [0.05, 0.1) is 4.47 Å². The van der Waals surface area contributed by atoms with Crippen LogP contribution in [0.1, 0.15) is 78.2 Å². The lowest BCUT2D eigenvalue weighted by atomic mass is 9.63. The highest BCUT2D eigenvalue weighted by molar-refractivity contribution is 9.10. The maximum Gasteiger partial charge on any atom is 0.255 e. The number of halogens is 1. The molecule has 2 aliphatic carbocycles. The van der Waals surface area contributed by atoms with Crippen molar-refractivity contribution in [1.82, 2.24) is 4.90 Å². The summed E-state index contributed by atoms with van der Waals surface area (Å²) in [5.74, 6) is -0.221. The number of Topliss-reactive ketones (excluding diaryl/α,β-unsaturated/α-hetero) is 2. The SMILES string of the molecule is CCCN1C2=C(C(=O)CC(C)(C)C2)C(c2ccc(OCC(N)=O)c(Br)c2)C2=C1CC(C)(C)CC2=O. The summed E-state index contributed by atoms with van der Waals surface area (Å²) in [5.41, 5.74) is 9.52. The lowest BCUT2D eigenvalue weighted by molar-refractivity contribution is -0.121. The van der Waals surface area contributed by atoms with Crippen molar-refractivity contribution >= 4 is 33.4 Å². The van der Waals surface area contributed by atoms with Gasteiger partial charge >= 0.3 is 0 Å². The second kappa shape index (κ2) is 9.23. The van der Waals surface area contributed by atoms with E-state index in [1.54, 1.807) is 6.07 Å². The molecule has 0 atom stereocenters. The topological polar surface area (TPSA) is 89.7 Å². The summed E-state index contributed by atoms with van der Waals surface area (Å²) in [7, 11) is 0. The molecule has 0 radical (unpaired) electrons. The zero-order chi connectivity index (χ0) is 25.7. The molecule has 0 spiro atoms. The molecule has 7 heteroatoms.